The van der Waals surface area contributed by atoms with Crippen LogP contribution < -0.4 is 19.9 Å². The Kier molecular flexibility index (Phi) is 5.63. The highest BCUT2D eigenvalue weighted by molar-refractivity contribution is 6.31. The third-order valence-corrected chi connectivity index (χ3v) is 5.66. The number of carbonyl (C=O) groups excluding carboxylic acids is 3. The fourth-order valence-corrected chi connectivity index (χ4v) is 4.09. The molecule has 0 radical (unpaired) electrons. The number of hydrogen-bond acceptors (Lipinski definition) is 5. The number of amides is 3. The van der Waals surface area contributed by atoms with Crippen LogP contribution in [-0.2, 0) is 9.59 Å². The van der Waals surface area contributed by atoms with Crippen LogP contribution in [0.25, 0.3) is 0 Å². The molecule has 0 bridgehead atoms. The third-order valence-electron chi connectivity index (χ3n) is 5.42. The Bertz CT molecular complexity index is 994. The molecule has 4 rings (SSSR count). The first-order chi connectivity index (χ1) is 14.5. The minimum Gasteiger partial charge on any atom is -0.495 e. The Balaban J connectivity index is 1.44. The van der Waals surface area contributed by atoms with Crippen LogP contribution in [0.2, 0.25) is 5.02 Å². The zero-order valence-corrected chi connectivity index (χ0v) is 17.3. The molecule has 1 N–H and O–H groups in total. The van der Waals surface area contributed by atoms with Gasteiger partial charge in [0.05, 0.1) is 18.5 Å². The minimum absolute atomic E-state index is 0.0418. The average Bonchev–Trinajstić information content (AvgIpc) is 3.34. The van der Waals surface area contributed by atoms with Gasteiger partial charge in [0.1, 0.15) is 5.75 Å². The van der Waals surface area contributed by atoms with E-state index in [9.17, 15) is 14.4 Å². The molecule has 30 heavy (non-hydrogen) atoms. The van der Waals surface area contributed by atoms with Gasteiger partial charge in [-0.05, 0) is 42.8 Å². The van der Waals surface area contributed by atoms with Gasteiger partial charge in [0.2, 0.25) is 11.8 Å². The quantitative estimate of drug-likeness (QED) is 0.742. The van der Waals surface area contributed by atoms with Crippen molar-refractivity contribution in [2.75, 3.05) is 30.0 Å². The number of nitrogens with one attached hydrogen (secondary N) is 1. The normalized spacial score (nSPS) is 18.8. The minimum atomic E-state index is -0.237. The number of hydrogen-bond donors (Lipinski definition) is 1. The number of ether oxygens (including phenoxy) is 1. The van der Waals surface area contributed by atoms with Gasteiger partial charge in [0.25, 0.3) is 5.91 Å². The van der Waals surface area contributed by atoms with Crippen molar-refractivity contribution in [3.8, 4) is 5.75 Å². The Morgan fingerprint density at radius 2 is 1.90 bits per heavy atom. The summed E-state index contributed by atoms with van der Waals surface area (Å²) in [5.41, 5.74) is 1.75. The van der Waals surface area contributed by atoms with Crippen LogP contribution in [0.3, 0.4) is 0 Å². The van der Waals surface area contributed by atoms with Crippen LogP contribution in [0.4, 0.5) is 11.4 Å². The van der Waals surface area contributed by atoms with Crippen molar-refractivity contribution in [3.05, 3.63) is 53.1 Å². The second-order valence-corrected chi connectivity index (χ2v) is 7.83. The summed E-state index contributed by atoms with van der Waals surface area (Å²) in [4.78, 5) is 40.0. The van der Waals surface area contributed by atoms with Crippen LogP contribution in [0.1, 0.15) is 29.6 Å². The first-order valence-corrected chi connectivity index (χ1v) is 10.2. The molecule has 1 unspecified atom stereocenters. The number of nitrogens with zero attached hydrogens (tertiary/aromatic N) is 2. The van der Waals surface area contributed by atoms with E-state index < -0.39 is 0 Å². The zero-order valence-electron chi connectivity index (χ0n) is 16.6. The smallest absolute Gasteiger partial charge is 0.251 e. The molecule has 0 saturated carbocycles. The van der Waals surface area contributed by atoms with Crippen molar-refractivity contribution in [2.24, 2.45) is 0 Å². The van der Waals surface area contributed by atoms with E-state index in [1.54, 1.807) is 37.4 Å². The van der Waals surface area contributed by atoms with E-state index in [2.05, 4.69) is 10.2 Å². The van der Waals surface area contributed by atoms with Gasteiger partial charge in [-0.25, -0.2) is 0 Å². The van der Waals surface area contributed by atoms with Gasteiger partial charge in [-0.3, -0.25) is 19.3 Å². The molecular formula is C22H22ClN3O4. The standard InChI is InChI=1S/C22H22ClN3O4/c1-30-19-6-5-15(23)12-18(19)25-10-9-16(13-25)24-22(29)14-3-2-4-17(11-14)26-20(27)7-8-21(26)28/h2-6,11-12,16H,7-10,13H2,1H3,(H,24,29). The van der Waals surface area contributed by atoms with Gasteiger partial charge in [0.15, 0.2) is 0 Å². The van der Waals surface area contributed by atoms with E-state index in [-0.39, 0.29) is 36.6 Å². The Hall–Kier alpha value is -3.06. The van der Waals surface area contributed by atoms with Gasteiger partial charge >= 0.3 is 0 Å². The van der Waals surface area contributed by atoms with Crippen LogP contribution in [-0.4, -0.2) is 44.0 Å². The number of imide groups is 1. The van der Waals surface area contributed by atoms with E-state index in [1.807, 2.05) is 12.1 Å². The molecule has 2 aliphatic rings. The molecule has 2 fully saturated rings. The fraction of sp³-hybridized carbons (Fsp3) is 0.318. The Labute approximate surface area is 179 Å². The first-order valence-electron chi connectivity index (χ1n) is 9.81. The first kappa shape index (κ1) is 20.2. The van der Waals surface area contributed by atoms with Crippen molar-refractivity contribution in [1.82, 2.24) is 5.32 Å². The molecule has 2 aromatic carbocycles. The number of carbonyl (C=O) groups is 3. The predicted molar refractivity (Wildman–Crippen MR) is 114 cm³/mol. The Morgan fingerprint density at radius 1 is 1.13 bits per heavy atom. The van der Waals surface area contributed by atoms with Gasteiger partial charge in [0, 0.05) is 42.6 Å². The molecule has 156 valence electrons. The lowest BCUT2D eigenvalue weighted by molar-refractivity contribution is -0.121. The molecule has 2 aromatic rings. The van der Waals surface area contributed by atoms with E-state index >= 15 is 0 Å². The molecule has 7 nitrogen and oxygen atoms in total. The van der Waals surface area contributed by atoms with Crippen molar-refractivity contribution in [1.29, 1.82) is 0 Å². The summed E-state index contributed by atoms with van der Waals surface area (Å²) in [6.07, 6.45) is 1.20. The molecular weight excluding hydrogens is 406 g/mol. The second-order valence-electron chi connectivity index (χ2n) is 7.39. The molecule has 0 spiro atoms. The topological polar surface area (TPSA) is 79.0 Å². The third kappa shape index (κ3) is 3.98. The van der Waals surface area contributed by atoms with Crippen LogP contribution in [0.5, 0.6) is 5.75 Å². The van der Waals surface area contributed by atoms with Crippen LogP contribution in [0, 0.1) is 0 Å². The SMILES string of the molecule is COc1ccc(Cl)cc1N1CCC(NC(=O)c2cccc(N3C(=O)CCC3=O)c2)C1. The van der Waals surface area contributed by atoms with E-state index in [1.165, 1.54) is 0 Å². The number of benzene rings is 2. The molecule has 2 saturated heterocycles. The molecule has 0 aliphatic carbocycles. The summed E-state index contributed by atoms with van der Waals surface area (Å²) in [6.45, 7) is 1.39. The second kappa shape index (κ2) is 8.36. The molecule has 8 heteroatoms. The van der Waals surface area contributed by atoms with Crippen molar-refractivity contribution >= 4 is 40.7 Å². The molecule has 2 aliphatic heterocycles. The van der Waals surface area contributed by atoms with Crippen molar-refractivity contribution in [3.63, 3.8) is 0 Å². The summed E-state index contributed by atoms with van der Waals surface area (Å²) in [6, 6.07) is 12.0. The van der Waals surface area contributed by atoms with Gasteiger partial charge < -0.3 is 15.0 Å². The summed E-state index contributed by atoms with van der Waals surface area (Å²) < 4.78 is 5.43. The van der Waals surface area contributed by atoms with E-state index in [0.29, 0.717) is 22.8 Å². The highest BCUT2D eigenvalue weighted by atomic mass is 35.5. The summed E-state index contributed by atoms with van der Waals surface area (Å²) in [7, 11) is 1.62. The maximum absolute atomic E-state index is 12.8. The highest BCUT2D eigenvalue weighted by Gasteiger charge is 2.31. The average molecular weight is 428 g/mol. The number of methoxy groups -OCH3 is 1. The summed E-state index contributed by atoms with van der Waals surface area (Å²) >= 11 is 6.14. The summed E-state index contributed by atoms with van der Waals surface area (Å²) in [5.74, 6) is 0.0267. The maximum atomic E-state index is 12.8. The lowest BCUT2D eigenvalue weighted by Gasteiger charge is -2.22. The van der Waals surface area contributed by atoms with Crippen molar-refractivity contribution < 1.29 is 19.1 Å². The highest BCUT2D eigenvalue weighted by Crippen LogP contribution is 2.33. The number of anilines is 2. The van der Waals surface area contributed by atoms with Gasteiger partial charge in [-0.1, -0.05) is 17.7 Å². The van der Waals surface area contributed by atoms with E-state index in [0.717, 1.165) is 29.3 Å². The summed E-state index contributed by atoms with van der Waals surface area (Å²) in [5, 5.41) is 3.67. The Morgan fingerprint density at radius 3 is 2.63 bits per heavy atom. The molecule has 2 heterocycles. The number of rotatable bonds is 5. The van der Waals surface area contributed by atoms with Gasteiger partial charge in [-0.2, -0.15) is 0 Å². The van der Waals surface area contributed by atoms with Crippen molar-refractivity contribution in [2.45, 2.75) is 25.3 Å². The molecule has 3 amide bonds. The van der Waals surface area contributed by atoms with Gasteiger partial charge in [-0.15, -0.1) is 0 Å². The molecule has 1 atom stereocenters. The van der Waals surface area contributed by atoms with Crippen LogP contribution >= 0.6 is 11.6 Å². The zero-order chi connectivity index (χ0) is 21.3. The number of halogens is 1. The lowest BCUT2D eigenvalue weighted by atomic mass is 10.1. The maximum Gasteiger partial charge on any atom is 0.251 e. The predicted octanol–water partition coefficient (Wildman–Crippen LogP) is 3.01. The molecule has 0 aromatic heterocycles. The lowest BCUT2D eigenvalue weighted by Crippen LogP contribution is -2.37. The van der Waals surface area contributed by atoms with E-state index in [4.69, 9.17) is 16.3 Å². The monoisotopic (exact) mass is 427 g/mol. The van der Waals surface area contributed by atoms with Crippen LogP contribution in [0.15, 0.2) is 42.5 Å². The fourth-order valence-electron chi connectivity index (χ4n) is 3.93. The largest absolute Gasteiger partial charge is 0.495 e.